The largest absolute Gasteiger partial charge is 0.406 e. The molecule has 0 aliphatic heterocycles. The molecular weight excluding hydrogens is 301 g/mol. The molecule has 2 fully saturated rings. The summed E-state index contributed by atoms with van der Waals surface area (Å²) in [6.45, 7) is -0.954. The SMILES string of the molecule is FC(F)(F)CN(c1n[nH]c(=S)n1C1CCCCC1)C1CC1. The molecule has 0 amide bonds. The van der Waals surface area contributed by atoms with Crippen molar-refractivity contribution in [2.24, 2.45) is 0 Å². The van der Waals surface area contributed by atoms with Crippen LogP contribution < -0.4 is 4.90 Å². The molecule has 2 aliphatic rings. The van der Waals surface area contributed by atoms with E-state index in [9.17, 15) is 13.2 Å². The maximum atomic E-state index is 12.8. The van der Waals surface area contributed by atoms with E-state index < -0.39 is 12.7 Å². The summed E-state index contributed by atoms with van der Waals surface area (Å²) in [6, 6.07) is 0.119. The Morgan fingerprint density at radius 3 is 2.43 bits per heavy atom. The number of alkyl halides is 3. The second-order valence-electron chi connectivity index (χ2n) is 5.96. The number of H-pyrrole nitrogens is 1. The van der Waals surface area contributed by atoms with Crippen molar-refractivity contribution >= 4 is 18.2 Å². The van der Waals surface area contributed by atoms with Gasteiger partial charge in [0.05, 0.1) is 0 Å². The minimum absolute atomic E-state index is 0.0563. The van der Waals surface area contributed by atoms with Crippen molar-refractivity contribution in [1.82, 2.24) is 14.8 Å². The fraction of sp³-hybridized carbons (Fsp3) is 0.846. The summed E-state index contributed by atoms with van der Waals surface area (Å²) in [5, 5.41) is 6.80. The van der Waals surface area contributed by atoms with E-state index in [2.05, 4.69) is 10.2 Å². The van der Waals surface area contributed by atoms with Crippen molar-refractivity contribution in [2.45, 2.75) is 63.2 Å². The zero-order chi connectivity index (χ0) is 15.0. The highest BCUT2D eigenvalue weighted by atomic mass is 32.1. The molecular formula is C13H19F3N4S. The average Bonchev–Trinajstić information content (AvgIpc) is 3.19. The molecule has 1 heterocycles. The van der Waals surface area contributed by atoms with Gasteiger partial charge in [-0.25, -0.2) is 5.10 Å². The van der Waals surface area contributed by atoms with Crippen LogP contribution in [0.4, 0.5) is 19.1 Å². The highest BCUT2D eigenvalue weighted by Gasteiger charge is 2.40. The van der Waals surface area contributed by atoms with E-state index in [0.717, 1.165) is 38.5 Å². The summed E-state index contributed by atoms with van der Waals surface area (Å²) in [7, 11) is 0. The third-order valence-electron chi connectivity index (χ3n) is 4.22. The summed E-state index contributed by atoms with van der Waals surface area (Å²) in [6.07, 6.45) is 2.66. The van der Waals surface area contributed by atoms with E-state index in [1.807, 2.05) is 4.57 Å². The van der Waals surface area contributed by atoms with Crippen molar-refractivity contribution in [3.05, 3.63) is 4.77 Å². The lowest BCUT2D eigenvalue weighted by Crippen LogP contribution is -2.38. The van der Waals surface area contributed by atoms with Gasteiger partial charge in [0.1, 0.15) is 6.54 Å². The average molecular weight is 320 g/mol. The normalized spacial score (nSPS) is 20.7. The standard InChI is InChI=1S/C13H19F3N4S/c14-13(15,16)8-19(9-6-7-9)11-17-18-12(21)20(11)10-4-2-1-3-5-10/h9-10H,1-8H2,(H,18,21). The highest BCUT2D eigenvalue weighted by molar-refractivity contribution is 7.71. The third-order valence-corrected chi connectivity index (χ3v) is 4.51. The van der Waals surface area contributed by atoms with Crippen molar-refractivity contribution in [1.29, 1.82) is 0 Å². The minimum Gasteiger partial charge on any atom is -0.329 e. The molecule has 3 rings (SSSR count). The van der Waals surface area contributed by atoms with E-state index in [-0.39, 0.29) is 12.1 Å². The van der Waals surface area contributed by atoms with Gasteiger partial charge in [-0.3, -0.25) is 4.57 Å². The summed E-state index contributed by atoms with van der Waals surface area (Å²) in [5.41, 5.74) is 0. The van der Waals surface area contributed by atoms with Crippen LogP contribution in [0.2, 0.25) is 0 Å². The molecule has 0 bridgehead atoms. The van der Waals surface area contributed by atoms with Crippen LogP contribution in [0.1, 0.15) is 51.0 Å². The molecule has 0 unspecified atom stereocenters. The Balaban J connectivity index is 1.91. The Morgan fingerprint density at radius 1 is 1.19 bits per heavy atom. The first-order valence-electron chi connectivity index (χ1n) is 7.46. The first kappa shape index (κ1) is 14.9. The fourth-order valence-corrected chi connectivity index (χ4v) is 3.39. The molecule has 21 heavy (non-hydrogen) atoms. The van der Waals surface area contributed by atoms with Crippen LogP contribution in [0.5, 0.6) is 0 Å². The van der Waals surface area contributed by atoms with Crippen molar-refractivity contribution in [3.8, 4) is 0 Å². The molecule has 4 nitrogen and oxygen atoms in total. The van der Waals surface area contributed by atoms with Gasteiger partial charge in [-0.05, 0) is 37.9 Å². The minimum atomic E-state index is -4.23. The van der Waals surface area contributed by atoms with Crippen molar-refractivity contribution in [2.75, 3.05) is 11.4 Å². The highest BCUT2D eigenvalue weighted by Crippen LogP contribution is 2.37. The summed E-state index contributed by atoms with van der Waals surface area (Å²) in [4.78, 5) is 1.38. The lowest BCUT2D eigenvalue weighted by molar-refractivity contribution is -0.120. The van der Waals surface area contributed by atoms with Gasteiger partial charge in [-0.2, -0.15) is 13.2 Å². The maximum Gasteiger partial charge on any atom is 0.406 e. The van der Waals surface area contributed by atoms with Crippen LogP contribution in [-0.4, -0.2) is 33.5 Å². The Kier molecular flexibility index (Phi) is 3.98. The molecule has 0 radical (unpaired) electrons. The number of hydrogen-bond acceptors (Lipinski definition) is 3. The maximum absolute atomic E-state index is 12.8. The Hall–Kier alpha value is -1.05. The monoisotopic (exact) mass is 320 g/mol. The zero-order valence-corrected chi connectivity index (χ0v) is 12.5. The molecule has 0 atom stereocenters. The molecule has 1 N–H and O–H groups in total. The molecule has 0 saturated heterocycles. The molecule has 2 aliphatic carbocycles. The van der Waals surface area contributed by atoms with Crippen LogP contribution in [0.15, 0.2) is 0 Å². The van der Waals surface area contributed by atoms with Gasteiger partial charge in [0.25, 0.3) is 0 Å². The van der Waals surface area contributed by atoms with Crippen LogP contribution >= 0.6 is 12.2 Å². The van der Waals surface area contributed by atoms with E-state index in [4.69, 9.17) is 12.2 Å². The molecule has 0 aromatic carbocycles. The van der Waals surface area contributed by atoms with Gasteiger partial charge in [0.15, 0.2) is 4.77 Å². The quantitative estimate of drug-likeness (QED) is 0.853. The van der Waals surface area contributed by atoms with E-state index in [0.29, 0.717) is 10.7 Å². The lowest BCUT2D eigenvalue weighted by atomic mass is 9.95. The predicted octanol–water partition coefficient (Wildman–Crippen LogP) is 3.98. The van der Waals surface area contributed by atoms with Gasteiger partial charge >= 0.3 is 6.18 Å². The number of aromatic amines is 1. The number of rotatable bonds is 4. The molecule has 118 valence electrons. The van der Waals surface area contributed by atoms with Gasteiger partial charge in [0, 0.05) is 12.1 Å². The number of nitrogens with one attached hydrogen (secondary N) is 1. The van der Waals surface area contributed by atoms with Gasteiger partial charge in [-0.1, -0.05) is 19.3 Å². The van der Waals surface area contributed by atoms with Gasteiger partial charge in [0.2, 0.25) is 5.95 Å². The first-order chi connectivity index (χ1) is 9.96. The van der Waals surface area contributed by atoms with E-state index >= 15 is 0 Å². The zero-order valence-electron chi connectivity index (χ0n) is 11.7. The second kappa shape index (κ2) is 5.62. The molecule has 0 spiro atoms. The predicted molar refractivity (Wildman–Crippen MR) is 76.0 cm³/mol. The van der Waals surface area contributed by atoms with Crippen LogP contribution in [0.3, 0.4) is 0 Å². The molecule has 8 heteroatoms. The number of aromatic nitrogens is 3. The lowest BCUT2D eigenvalue weighted by Gasteiger charge is -2.29. The number of nitrogens with zero attached hydrogens (tertiary/aromatic N) is 3. The van der Waals surface area contributed by atoms with E-state index in [1.54, 1.807) is 0 Å². The number of anilines is 1. The molecule has 2 saturated carbocycles. The molecule has 1 aromatic heterocycles. The van der Waals surface area contributed by atoms with Crippen molar-refractivity contribution < 1.29 is 13.2 Å². The Bertz CT molecular complexity index is 540. The fourth-order valence-electron chi connectivity index (χ4n) is 3.11. The van der Waals surface area contributed by atoms with Gasteiger partial charge in [-0.15, -0.1) is 5.10 Å². The van der Waals surface area contributed by atoms with Crippen LogP contribution in [0, 0.1) is 4.77 Å². The number of hydrogen-bond donors (Lipinski definition) is 1. The van der Waals surface area contributed by atoms with Crippen LogP contribution in [0.25, 0.3) is 0 Å². The number of halogens is 3. The third kappa shape index (κ3) is 3.41. The van der Waals surface area contributed by atoms with E-state index in [1.165, 1.54) is 11.3 Å². The topological polar surface area (TPSA) is 36.9 Å². The van der Waals surface area contributed by atoms with Crippen LogP contribution in [-0.2, 0) is 0 Å². The smallest absolute Gasteiger partial charge is 0.329 e. The first-order valence-corrected chi connectivity index (χ1v) is 7.87. The van der Waals surface area contributed by atoms with Crippen molar-refractivity contribution in [3.63, 3.8) is 0 Å². The second-order valence-corrected chi connectivity index (χ2v) is 6.35. The Morgan fingerprint density at radius 2 is 1.86 bits per heavy atom. The summed E-state index contributed by atoms with van der Waals surface area (Å²) >= 11 is 5.26. The molecule has 1 aromatic rings. The van der Waals surface area contributed by atoms with Gasteiger partial charge < -0.3 is 4.90 Å². The summed E-state index contributed by atoms with van der Waals surface area (Å²) in [5.74, 6) is 0.367. The summed E-state index contributed by atoms with van der Waals surface area (Å²) < 4.78 is 40.8. The Labute approximate surface area is 126 Å².